The number of hydrogen-bond acceptors (Lipinski definition) is 4. The fourth-order valence-corrected chi connectivity index (χ4v) is 2.11. The number of anilines is 1. The summed E-state index contributed by atoms with van der Waals surface area (Å²) >= 11 is 5.93. The predicted octanol–water partition coefficient (Wildman–Crippen LogP) is 3.57. The summed E-state index contributed by atoms with van der Waals surface area (Å²) < 4.78 is 10.7. The van der Waals surface area contributed by atoms with E-state index in [9.17, 15) is 9.59 Å². The standard InChI is InChI=1S/C17H16ClNO4/c1-11(23-15-6-4-3-5-12(15)10-20)17(21)19-14-9-13(18)7-8-16(14)22-2/h3-11H,1-2H3,(H,19,21)/t11-/m1/s1. The maximum absolute atomic E-state index is 12.3. The number of carbonyl (C=O) groups is 2. The van der Waals surface area contributed by atoms with Gasteiger partial charge in [-0.25, -0.2) is 0 Å². The van der Waals surface area contributed by atoms with Crippen LogP contribution >= 0.6 is 11.6 Å². The highest BCUT2D eigenvalue weighted by molar-refractivity contribution is 6.31. The van der Waals surface area contributed by atoms with Crippen LogP contribution < -0.4 is 14.8 Å². The number of carbonyl (C=O) groups excluding carboxylic acids is 2. The van der Waals surface area contributed by atoms with Crippen LogP contribution in [0, 0.1) is 0 Å². The zero-order valence-electron chi connectivity index (χ0n) is 12.7. The van der Waals surface area contributed by atoms with Crippen LogP contribution in [0.4, 0.5) is 5.69 Å². The van der Waals surface area contributed by atoms with Gasteiger partial charge in [0.05, 0.1) is 18.4 Å². The molecule has 0 unspecified atom stereocenters. The molecule has 0 heterocycles. The van der Waals surface area contributed by atoms with Gasteiger partial charge in [-0.3, -0.25) is 9.59 Å². The molecule has 0 radical (unpaired) electrons. The SMILES string of the molecule is COc1ccc(Cl)cc1NC(=O)[C@@H](C)Oc1ccccc1C=O. The molecule has 5 nitrogen and oxygen atoms in total. The van der Waals surface area contributed by atoms with Crippen LogP contribution in [-0.2, 0) is 4.79 Å². The normalized spacial score (nSPS) is 11.4. The lowest BCUT2D eigenvalue weighted by atomic mass is 10.2. The van der Waals surface area contributed by atoms with E-state index >= 15 is 0 Å². The summed E-state index contributed by atoms with van der Waals surface area (Å²) in [6.45, 7) is 1.59. The van der Waals surface area contributed by atoms with Crippen LogP contribution in [0.2, 0.25) is 5.02 Å². The summed E-state index contributed by atoms with van der Waals surface area (Å²) in [7, 11) is 1.50. The average Bonchev–Trinajstić information content (AvgIpc) is 2.55. The lowest BCUT2D eigenvalue weighted by Gasteiger charge is -2.17. The molecule has 0 spiro atoms. The molecule has 1 amide bonds. The first-order chi connectivity index (χ1) is 11.0. The zero-order valence-corrected chi connectivity index (χ0v) is 13.5. The molecule has 0 aliphatic heterocycles. The molecule has 2 rings (SSSR count). The molecule has 0 aliphatic carbocycles. The van der Waals surface area contributed by atoms with Gasteiger partial charge >= 0.3 is 0 Å². The lowest BCUT2D eigenvalue weighted by molar-refractivity contribution is -0.122. The Morgan fingerprint density at radius 1 is 1.22 bits per heavy atom. The fourth-order valence-electron chi connectivity index (χ4n) is 1.94. The number of amides is 1. The Morgan fingerprint density at radius 3 is 2.65 bits per heavy atom. The van der Waals surface area contributed by atoms with E-state index in [0.29, 0.717) is 34.1 Å². The van der Waals surface area contributed by atoms with Crippen LogP contribution in [-0.4, -0.2) is 25.4 Å². The molecule has 0 saturated carbocycles. The van der Waals surface area contributed by atoms with Gasteiger partial charge in [0, 0.05) is 5.02 Å². The number of aldehydes is 1. The van der Waals surface area contributed by atoms with Crippen molar-refractivity contribution in [3.05, 3.63) is 53.1 Å². The quantitative estimate of drug-likeness (QED) is 0.821. The Labute approximate surface area is 139 Å². The van der Waals surface area contributed by atoms with Crippen LogP contribution in [0.5, 0.6) is 11.5 Å². The lowest BCUT2D eigenvalue weighted by Crippen LogP contribution is -2.30. The smallest absolute Gasteiger partial charge is 0.265 e. The van der Waals surface area contributed by atoms with Crippen LogP contribution in [0.1, 0.15) is 17.3 Å². The zero-order chi connectivity index (χ0) is 16.8. The van der Waals surface area contributed by atoms with Gasteiger partial charge in [0.15, 0.2) is 12.4 Å². The van der Waals surface area contributed by atoms with Gasteiger partial charge in [-0.1, -0.05) is 23.7 Å². The van der Waals surface area contributed by atoms with E-state index in [1.54, 1.807) is 49.4 Å². The molecule has 120 valence electrons. The summed E-state index contributed by atoms with van der Waals surface area (Å²) in [5.74, 6) is 0.456. The number of methoxy groups -OCH3 is 1. The van der Waals surface area contributed by atoms with Crippen molar-refractivity contribution < 1.29 is 19.1 Å². The first kappa shape index (κ1) is 16.8. The van der Waals surface area contributed by atoms with Gasteiger partial charge in [0.2, 0.25) is 0 Å². The molecule has 0 bridgehead atoms. The van der Waals surface area contributed by atoms with Gasteiger partial charge < -0.3 is 14.8 Å². The van der Waals surface area contributed by atoms with E-state index in [1.807, 2.05) is 0 Å². The van der Waals surface area contributed by atoms with Crippen molar-refractivity contribution >= 4 is 29.5 Å². The molecule has 1 atom stereocenters. The van der Waals surface area contributed by atoms with Gasteiger partial charge in [-0.15, -0.1) is 0 Å². The summed E-state index contributed by atoms with van der Waals surface area (Å²) in [6.07, 6.45) is -0.125. The third-order valence-corrected chi connectivity index (χ3v) is 3.37. The summed E-state index contributed by atoms with van der Waals surface area (Å²) in [5, 5.41) is 3.17. The first-order valence-electron chi connectivity index (χ1n) is 6.90. The van der Waals surface area contributed by atoms with Crippen molar-refractivity contribution in [2.45, 2.75) is 13.0 Å². The fraction of sp³-hybridized carbons (Fsp3) is 0.176. The average molecular weight is 334 g/mol. The molecule has 0 aliphatic rings. The van der Waals surface area contributed by atoms with Crippen LogP contribution in [0.3, 0.4) is 0 Å². The molecule has 0 fully saturated rings. The summed E-state index contributed by atoms with van der Waals surface area (Å²) in [6, 6.07) is 11.6. The number of nitrogens with one attached hydrogen (secondary N) is 1. The van der Waals surface area contributed by atoms with Gasteiger partial charge in [-0.2, -0.15) is 0 Å². The molecule has 1 N–H and O–H groups in total. The number of ether oxygens (including phenoxy) is 2. The second-order valence-corrected chi connectivity index (χ2v) is 5.19. The Morgan fingerprint density at radius 2 is 1.96 bits per heavy atom. The number of halogens is 1. The van der Waals surface area contributed by atoms with E-state index < -0.39 is 6.10 Å². The van der Waals surface area contributed by atoms with Gasteiger partial charge in [0.25, 0.3) is 5.91 Å². The second kappa shape index (κ2) is 7.65. The highest BCUT2D eigenvalue weighted by Gasteiger charge is 2.18. The molecule has 0 aromatic heterocycles. The monoisotopic (exact) mass is 333 g/mol. The maximum Gasteiger partial charge on any atom is 0.265 e. The molecular formula is C17H16ClNO4. The van der Waals surface area contributed by atoms with Crippen molar-refractivity contribution in [1.29, 1.82) is 0 Å². The molecular weight excluding hydrogens is 318 g/mol. The number of rotatable bonds is 6. The number of hydrogen-bond donors (Lipinski definition) is 1. The van der Waals surface area contributed by atoms with Gasteiger partial charge in [0.1, 0.15) is 11.5 Å². The molecule has 6 heteroatoms. The highest BCUT2D eigenvalue weighted by atomic mass is 35.5. The molecule has 23 heavy (non-hydrogen) atoms. The Balaban J connectivity index is 2.11. The van der Waals surface area contributed by atoms with Crippen LogP contribution in [0.15, 0.2) is 42.5 Å². The highest BCUT2D eigenvalue weighted by Crippen LogP contribution is 2.28. The van der Waals surface area contributed by atoms with Crippen molar-refractivity contribution in [1.82, 2.24) is 0 Å². The van der Waals surface area contributed by atoms with E-state index in [1.165, 1.54) is 7.11 Å². The minimum absolute atomic E-state index is 0.350. The molecule has 0 saturated heterocycles. The number of para-hydroxylation sites is 1. The summed E-state index contributed by atoms with van der Waals surface area (Å²) in [4.78, 5) is 23.3. The third kappa shape index (κ3) is 4.23. The first-order valence-corrected chi connectivity index (χ1v) is 7.28. The van der Waals surface area contributed by atoms with E-state index in [4.69, 9.17) is 21.1 Å². The predicted molar refractivity (Wildman–Crippen MR) is 88.6 cm³/mol. The van der Waals surface area contributed by atoms with E-state index in [2.05, 4.69) is 5.32 Å². The maximum atomic E-state index is 12.3. The third-order valence-electron chi connectivity index (χ3n) is 3.14. The number of benzene rings is 2. The summed E-state index contributed by atoms with van der Waals surface area (Å²) in [5.41, 5.74) is 0.830. The molecule has 2 aromatic carbocycles. The van der Waals surface area contributed by atoms with Crippen molar-refractivity contribution in [2.75, 3.05) is 12.4 Å². The molecule has 2 aromatic rings. The minimum atomic E-state index is -0.806. The second-order valence-electron chi connectivity index (χ2n) is 4.75. The Bertz CT molecular complexity index is 717. The topological polar surface area (TPSA) is 64.6 Å². The van der Waals surface area contributed by atoms with Crippen molar-refractivity contribution in [2.24, 2.45) is 0 Å². The Hall–Kier alpha value is -2.53. The van der Waals surface area contributed by atoms with E-state index in [0.717, 1.165) is 0 Å². The van der Waals surface area contributed by atoms with Crippen LogP contribution in [0.25, 0.3) is 0 Å². The largest absolute Gasteiger partial charge is 0.495 e. The minimum Gasteiger partial charge on any atom is -0.495 e. The Kier molecular flexibility index (Phi) is 5.60. The van der Waals surface area contributed by atoms with Gasteiger partial charge in [-0.05, 0) is 37.3 Å². The van der Waals surface area contributed by atoms with Crippen molar-refractivity contribution in [3.8, 4) is 11.5 Å². The van der Waals surface area contributed by atoms with E-state index in [-0.39, 0.29) is 5.91 Å². The van der Waals surface area contributed by atoms with Crippen molar-refractivity contribution in [3.63, 3.8) is 0 Å².